The lowest BCUT2D eigenvalue weighted by atomic mass is 10.1. The van der Waals surface area contributed by atoms with Crippen LogP contribution in [0.4, 0.5) is 17.1 Å². The van der Waals surface area contributed by atoms with Crippen molar-refractivity contribution in [2.45, 2.75) is 34.2 Å². The lowest BCUT2D eigenvalue weighted by molar-refractivity contribution is -0.384. The molecular weight excluding hydrogens is 350 g/mol. The molecule has 0 aliphatic carbocycles. The van der Waals surface area contributed by atoms with Crippen molar-refractivity contribution in [3.8, 4) is 11.9 Å². The molecule has 9 nitrogen and oxygen atoms in total. The summed E-state index contributed by atoms with van der Waals surface area (Å²) in [6.45, 7) is 7.12. The smallest absolute Gasteiger partial charge is 0.281 e. The standard InChI is InChI=1S/C18H19N5O4/c1-10(2)9-22-17(24)14(8-19)12(4)16(18(22)25)21-20-15-6-5-13(23(26)27)7-11(15)3/h5-7,10,24H,9H2,1-4H3. The highest BCUT2D eigenvalue weighted by atomic mass is 16.6. The van der Waals surface area contributed by atoms with Crippen molar-refractivity contribution in [1.29, 1.82) is 5.26 Å². The van der Waals surface area contributed by atoms with Crippen LogP contribution >= 0.6 is 0 Å². The Kier molecular flexibility index (Phi) is 5.70. The summed E-state index contributed by atoms with van der Waals surface area (Å²) in [5.41, 5.74) is 0.392. The Bertz CT molecular complexity index is 1030. The van der Waals surface area contributed by atoms with E-state index in [-0.39, 0.29) is 40.8 Å². The van der Waals surface area contributed by atoms with Gasteiger partial charge in [0.2, 0.25) is 5.88 Å². The minimum absolute atomic E-state index is 0.0374. The number of azo groups is 1. The van der Waals surface area contributed by atoms with E-state index < -0.39 is 10.5 Å². The molecule has 0 saturated heterocycles. The van der Waals surface area contributed by atoms with Gasteiger partial charge in [0.05, 0.1) is 10.6 Å². The maximum atomic E-state index is 12.7. The molecule has 0 amide bonds. The van der Waals surface area contributed by atoms with Crippen molar-refractivity contribution in [1.82, 2.24) is 4.57 Å². The Labute approximate surface area is 155 Å². The average Bonchev–Trinajstić information content (AvgIpc) is 2.59. The van der Waals surface area contributed by atoms with Crippen LogP contribution in [0.25, 0.3) is 0 Å². The highest BCUT2D eigenvalue weighted by molar-refractivity contribution is 5.57. The van der Waals surface area contributed by atoms with Crippen LogP contribution in [-0.2, 0) is 6.54 Å². The minimum Gasteiger partial charge on any atom is -0.493 e. The molecule has 0 bridgehead atoms. The molecule has 0 spiro atoms. The second kappa shape index (κ2) is 7.78. The molecule has 0 aliphatic rings. The molecule has 1 N–H and O–H groups in total. The number of nitrogens with zero attached hydrogens (tertiary/aromatic N) is 5. The van der Waals surface area contributed by atoms with Crippen LogP contribution in [-0.4, -0.2) is 14.6 Å². The summed E-state index contributed by atoms with van der Waals surface area (Å²) < 4.78 is 1.10. The number of nitro benzene ring substituents is 1. The lowest BCUT2D eigenvalue weighted by Gasteiger charge is -2.14. The van der Waals surface area contributed by atoms with Gasteiger partial charge in [0.1, 0.15) is 11.6 Å². The first kappa shape index (κ1) is 19.8. The van der Waals surface area contributed by atoms with Gasteiger partial charge in [0.15, 0.2) is 5.69 Å². The lowest BCUT2D eigenvalue weighted by Crippen LogP contribution is -2.24. The Hall–Kier alpha value is -3.54. The molecule has 0 saturated carbocycles. The largest absolute Gasteiger partial charge is 0.493 e. The van der Waals surface area contributed by atoms with Gasteiger partial charge in [-0.25, -0.2) is 0 Å². The molecule has 0 fully saturated rings. The van der Waals surface area contributed by atoms with Crippen LogP contribution in [0.15, 0.2) is 33.2 Å². The van der Waals surface area contributed by atoms with E-state index in [0.717, 1.165) is 4.57 Å². The molecule has 1 aromatic heterocycles. The van der Waals surface area contributed by atoms with Gasteiger partial charge in [-0.15, -0.1) is 5.11 Å². The molecule has 0 unspecified atom stereocenters. The van der Waals surface area contributed by atoms with Crippen LogP contribution in [0.1, 0.15) is 30.5 Å². The number of aromatic hydroxyl groups is 1. The monoisotopic (exact) mass is 369 g/mol. The molecule has 1 aromatic carbocycles. The molecule has 0 radical (unpaired) electrons. The molecule has 2 aromatic rings. The van der Waals surface area contributed by atoms with E-state index in [9.17, 15) is 25.3 Å². The fourth-order valence-electron chi connectivity index (χ4n) is 2.56. The molecular formula is C18H19N5O4. The second-order valence-electron chi connectivity index (χ2n) is 6.52. The Morgan fingerprint density at radius 2 is 2.00 bits per heavy atom. The maximum absolute atomic E-state index is 12.7. The van der Waals surface area contributed by atoms with Gasteiger partial charge < -0.3 is 5.11 Å². The number of nitro groups is 1. The zero-order valence-electron chi connectivity index (χ0n) is 15.4. The Balaban J connectivity index is 2.59. The van der Waals surface area contributed by atoms with Crippen molar-refractivity contribution in [3.63, 3.8) is 0 Å². The molecule has 140 valence electrons. The molecule has 0 atom stereocenters. The predicted octanol–water partition coefficient (Wildman–Crippen LogP) is 4.02. The van der Waals surface area contributed by atoms with Gasteiger partial charge in [-0.05, 0) is 31.4 Å². The molecule has 1 heterocycles. The van der Waals surface area contributed by atoms with E-state index in [1.54, 1.807) is 6.92 Å². The van der Waals surface area contributed by atoms with Crippen molar-refractivity contribution >= 4 is 17.1 Å². The normalized spacial score (nSPS) is 11.1. The van der Waals surface area contributed by atoms with Crippen molar-refractivity contribution in [3.05, 3.63) is 55.4 Å². The van der Waals surface area contributed by atoms with Crippen molar-refractivity contribution in [2.75, 3.05) is 0 Å². The molecule has 27 heavy (non-hydrogen) atoms. The third-order valence-electron chi connectivity index (χ3n) is 3.97. The summed E-state index contributed by atoms with van der Waals surface area (Å²) >= 11 is 0. The fourth-order valence-corrected chi connectivity index (χ4v) is 2.56. The van der Waals surface area contributed by atoms with Crippen molar-refractivity contribution < 1.29 is 10.0 Å². The number of aromatic nitrogens is 1. The first-order chi connectivity index (χ1) is 12.7. The summed E-state index contributed by atoms with van der Waals surface area (Å²) in [4.78, 5) is 23.0. The summed E-state index contributed by atoms with van der Waals surface area (Å²) in [5.74, 6) is -0.330. The number of non-ortho nitro benzene ring substituents is 1. The van der Waals surface area contributed by atoms with Gasteiger partial charge in [0, 0.05) is 24.2 Å². The van der Waals surface area contributed by atoms with Crippen LogP contribution < -0.4 is 5.56 Å². The number of rotatable bonds is 5. The zero-order chi connectivity index (χ0) is 20.3. The van der Waals surface area contributed by atoms with E-state index >= 15 is 0 Å². The molecule has 9 heteroatoms. The zero-order valence-corrected chi connectivity index (χ0v) is 15.4. The second-order valence-corrected chi connectivity index (χ2v) is 6.52. The SMILES string of the molecule is Cc1cc([N+](=O)[O-])ccc1N=Nc1c(C)c(C#N)c(O)n(CC(C)C)c1=O. The van der Waals surface area contributed by atoms with E-state index in [4.69, 9.17) is 0 Å². The maximum Gasteiger partial charge on any atom is 0.281 e. The summed E-state index contributed by atoms with van der Waals surface area (Å²) in [5, 5.41) is 38.4. The highest BCUT2D eigenvalue weighted by Crippen LogP contribution is 2.29. The first-order valence-electron chi connectivity index (χ1n) is 8.20. The number of pyridine rings is 1. The van der Waals surface area contributed by atoms with Crippen LogP contribution in [0.3, 0.4) is 0 Å². The minimum atomic E-state index is -0.555. The molecule has 0 aliphatic heterocycles. The number of hydrogen-bond acceptors (Lipinski definition) is 7. The van der Waals surface area contributed by atoms with E-state index in [0.29, 0.717) is 11.3 Å². The number of hydrogen-bond donors (Lipinski definition) is 1. The predicted molar refractivity (Wildman–Crippen MR) is 98.7 cm³/mol. The van der Waals surface area contributed by atoms with Gasteiger partial charge in [0.25, 0.3) is 11.2 Å². The van der Waals surface area contributed by atoms with Gasteiger partial charge in [-0.2, -0.15) is 10.4 Å². The van der Waals surface area contributed by atoms with Crippen molar-refractivity contribution in [2.24, 2.45) is 16.1 Å². The van der Waals surface area contributed by atoms with Crippen LogP contribution in [0.2, 0.25) is 0 Å². The van der Waals surface area contributed by atoms with E-state index in [1.165, 1.54) is 25.1 Å². The highest BCUT2D eigenvalue weighted by Gasteiger charge is 2.19. The fraction of sp³-hybridized carbons (Fsp3) is 0.333. The first-order valence-corrected chi connectivity index (χ1v) is 8.20. The average molecular weight is 369 g/mol. The number of benzene rings is 1. The quantitative estimate of drug-likeness (QED) is 0.482. The third-order valence-corrected chi connectivity index (χ3v) is 3.97. The molecule has 2 rings (SSSR count). The Morgan fingerprint density at radius 1 is 1.33 bits per heavy atom. The van der Waals surface area contributed by atoms with Crippen LogP contribution in [0, 0.1) is 41.2 Å². The van der Waals surface area contributed by atoms with Gasteiger partial charge in [-0.1, -0.05) is 13.8 Å². The summed E-state index contributed by atoms with van der Waals surface area (Å²) in [6, 6.07) is 5.97. The number of aryl methyl sites for hydroxylation is 1. The van der Waals surface area contributed by atoms with E-state index in [1.807, 2.05) is 19.9 Å². The van der Waals surface area contributed by atoms with Crippen LogP contribution in [0.5, 0.6) is 5.88 Å². The van der Waals surface area contributed by atoms with Gasteiger partial charge in [-0.3, -0.25) is 19.5 Å². The summed E-state index contributed by atoms with van der Waals surface area (Å²) in [7, 11) is 0. The Morgan fingerprint density at radius 3 is 2.52 bits per heavy atom. The topological polar surface area (TPSA) is 134 Å². The van der Waals surface area contributed by atoms with Gasteiger partial charge >= 0.3 is 0 Å². The third kappa shape index (κ3) is 4.00. The van der Waals surface area contributed by atoms with E-state index in [2.05, 4.69) is 10.2 Å². The summed E-state index contributed by atoms with van der Waals surface area (Å²) in [6.07, 6.45) is 0. The number of nitriles is 1.